The summed E-state index contributed by atoms with van der Waals surface area (Å²) in [4.78, 5) is 4.28. The Balaban J connectivity index is 1.65. The summed E-state index contributed by atoms with van der Waals surface area (Å²) in [5.41, 5.74) is 6.21. The molecule has 1 aliphatic carbocycles. The summed E-state index contributed by atoms with van der Waals surface area (Å²) in [7, 11) is 0. The molecule has 21 heavy (non-hydrogen) atoms. The van der Waals surface area contributed by atoms with Crippen LogP contribution < -0.4 is 5.73 Å². The van der Waals surface area contributed by atoms with Crippen LogP contribution >= 0.6 is 11.8 Å². The largest absolute Gasteiger partial charge is 0.399 e. The molecule has 6 heteroatoms. The zero-order valence-corrected chi connectivity index (χ0v) is 12.5. The van der Waals surface area contributed by atoms with E-state index in [1.54, 1.807) is 12.1 Å². The van der Waals surface area contributed by atoms with E-state index in [0.717, 1.165) is 0 Å². The van der Waals surface area contributed by atoms with Gasteiger partial charge in [0.25, 0.3) is 5.89 Å². The number of benzene rings is 1. The van der Waals surface area contributed by atoms with Crippen molar-refractivity contribution >= 4 is 17.4 Å². The molecule has 0 aliphatic heterocycles. The highest BCUT2D eigenvalue weighted by Gasteiger charge is 2.17. The van der Waals surface area contributed by atoms with E-state index in [2.05, 4.69) is 10.1 Å². The highest BCUT2D eigenvalue weighted by Crippen LogP contribution is 2.30. The van der Waals surface area contributed by atoms with Gasteiger partial charge in [0.2, 0.25) is 0 Å². The van der Waals surface area contributed by atoms with Crippen molar-refractivity contribution in [2.75, 3.05) is 5.73 Å². The van der Waals surface area contributed by atoms with Gasteiger partial charge in [-0.25, -0.2) is 4.39 Å². The third-order valence-corrected chi connectivity index (χ3v) is 5.06. The molecule has 112 valence electrons. The highest BCUT2D eigenvalue weighted by atomic mass is 32.2. The maximum atomic E-state index is 13.8. The zero-order chi connectivity index (χ0) is 14.7. The van der Waals surface area contributed by atoms with Crippen LogP contribution in [0.4, 0.5) is 10.1 Å². The van der Waals surface area contributed by atoms with E-state index < -0.39 is 5.82 Å². The maximum absolute atomic E-state index is 13.8. The van der Waals surface area contributed by atoms with Crippen molar-refractivity contribution in [2.45, 2.75) is 43.1 Å². The predicted molar refractivity (Wildman–Crippen MR) is 82.3 cm³/mol. The van der Waals surface area contributed by atoms with Crippen molar-refractivity contribution in [1.29, 1.82) is 0 Å². The predicted octanol–water partition coefficient (Wildman–Crippen LogP) is 4.02. The summed E-state index contributed by atoms with van der Waals surface area (Å²) in [6, 6.07) is 4.45. The summed E-state index contributed by atoms with van der Waals surface area (Å²) in [5, 5.41) is 4.62. The molecule has 0 atom stereocenters. The number of aromatic nitrogens is 2. The molecule has 2 N–H and O–H groups in total. The van der Waals surface area contributed by atoms with Crippen molar-refractivity contribution in [3.05, 3.63) is 29.8 Å². The molecular formula is C15H18FN3OS. The molecule has 0 spiro atoms. The Bertz CT molecular complexity index is 611. The van der Waals surface area contributed by atoms with E-state index >= 15 is 0 Å². The fourth-order valence-electron chi connectivity index (χ4n) is 2.55. The molecule has 3 rings (SSSR count). The lowest BCUT2D eigenvalue weighted by Gasteiger charge is -2.19. The van der Waals surface area contributed by atoms with Gasteiger partial charge in [-0.05, 0) is 31.0 Å². The highest BCUT2D eigenvalue weighted by molar-refractivity contribution is 7.99. The topological polar surface area (TPSA) is 64.9 Å². The Kier molecular flexibility index (Phi) is 4.43. The van der Waals surface area contributed by atoms with Gasteiger partial charge >= 0.3 is 0 Å². The minimum absolute atomic E-state index is 0.215. The average Bonchev–Trinajstić information content (AvgIpc) is 2.95. The third kappa shape index (κ3) is 3.56. The lowest BCUT2D eigenvalue weighted by molar-refractivity contribution is 0.422. The van der Waals surface area contributed by atoms with Crippen LogP contribution in [0, 0.1) is 5.82 Å². The second kappa shape index (κ2) is 6.47. The number of nitrogens with zero attached hydrogens (tertiary/aromatic N) is 2. The van der Waals surface area contributed by atoms with Crippen molar-refractivity contribution in [2.24, 2.45) is 0 Å². The number of nitrogen functional groups attached to an aromatic ring is 1. The van der Waals surface area contributed by atoms with Crippen LogP contribution in [0.3, 0.4) is 0 Å². The molecule has 1 fully saturated rings. The van der Waals surface area contributed by atoms with Crippen molar-refractivity contribution in [3.63, 3.8) is 0 Å². The van der Waals surface area contributed by atoms with Crippen LogP contribution in [0.2, 0.25) is 0 Å². The lowest BCUT2D eigenvalue weighted by Crippen LogP contribution is -2.08. The Morgan fingerprint density at radius 3 is 2.86 bits per heavy atom. The number of rotatable bonds is 4. The summed E-state index contributed by atoms with van der Waals surface area (Å²) in [6.07, 6.45) is 6.50. The number of hydrogen-bond donors (Lipinski definition) is 1. The fraction of sp³-hybridized carbons (Fsp3) is 0.467. The third-order valence-electron chi connectivity index (χ3n) is 3.69. The molecule has 0 bridgehead atoms. The second-order valence-corrected chi connectivity index (χ2v) is 6.61. The number of thioether (sulfide) groups is 1. The van der Waals surface area contributed by atoms with Crippen LogP contribution in [-0.2, 0) is 5.75 Å². The number of nitrogens with two attached hydrogens (primary N) is 1. The molecule has 0 saturated heterocycles. The Hall–Kier alpha value is -1.56. The Morgan fingerprint density at radius 1 is 1.29 bits per heavy atom. The monoisotopic (exact) mass is 307 g/mol. The first kappa shape index (κ1) is 14.4. The van der Waals surface area contributed by atoms with Gasteiger partial charge in [0.1, 0.15) is 5.82 Å². The average molecular weight is 307 g/mol. The van der Waals surface area contributed by atoms with E-state index in [0.29, 0.717) is 28.1 Å². The first-order valence-electron chi connectivity index (χ1n) is 7.22. The molecule has 1 aliphatic rings. The van der Waals surface area contributed by atoms with Gasteiger partial charge in [-0.15, -0.1) is 0 Å². The fourth-order valence-corrected chi connectivity index (χ4v) is 3.72. The quantitative estimate of drug-likeness (QED) is 0.864. The molecule has 2 aromatic rings. The van der Waals surface area contributed by atoms with Crippen LogP contribution in [0.1, 0.15) is 37.9 Å². The van der Waals surface area contributed by atoms with Gasteiger partial charge in [0, 0.05) is 10.9 Å². The normalized spacial score (nSPS) is 16.2. The van der Waals surface area contributed by atoms with E-state index in [1.807, 2.05) is 11.8 Å². The first-order valence-corrected chi connectivity index (χ1v) is 8.27. The number of hydrogen-bond acceptors (Lipinski definition) is 5. The molecule has 1 saturated carbocycles. The number of anilines is 1. The van der Waals surface area contributed by atoms with Gasteiger partial charge in [-0.3, -0.25) is 0 Å². The molecule has 1 heterocycles. The van der Waals surface area contributed by atoms with Crippen LogP contribution in [0.15, 0.2) is 22.7 Å². The molecule has 1 aromatic heterocycles. The minimum atomic E-state index is -0.440. The van der Waals surface area contributed by atoms with Crippen LogP contribution in [-0.4, -0.2) is 15.4 Å². The standard InChI is InChI=1S/C15H18FN3OS/c16-13-8-10(17)6-7-12(13)15-18-14(19-20-15)9-21-11-4-2-1-3-5-11/h6-8,11H,1-5,9,17H2. The van der Waals surface area contributed by atoms with E-state index in [9.17, 15) is 4.39 Å². The molecule has 0 radical (unpaired) electrons. The van der Waals surface area contributed by atoms with Gasteiger partial charge in [-0.2, -0.15) is 16.7 Å². The van der Waals surface area contributed by atoms with Gasteiger partial charge in [0.05, 0.1) is 11.3 Å². The molecule has 1 aromatic carbocycles. The summed E-state index contributed by atoms with van der Waals surface area (Å²) < 4.78 is 19.0. The zero-order valence-electron chi connectivity index (χ0n) is 11.7. The van der Waals surface area contributed by atoms with Crippen LogP contribution in [0.5, 0.6) is 0 Å². The lowest BCUT2D eigenvalue weighted by atomic mass is 10.0. The van der Waals surface area contributed by atoms with E-state index in [-0.39, 0.29) is 5.89 Å². The number of halogens is 1. The Morgan fingerprint density at radius 2 is 2.10 bits per heavy atom. The van der Waals surface area contributed by atoms with Crippen molar-refractivity contribution in [1.82, 2.24) is 10.1 Å². The maximum Gasteiger partial charge on any atom is 0.260 e. The van der Waals surface area contributed by atoms with E-state index in [4.69, 9.17) is 10.3 Å². The van der Waals surface area contributed by atoms with E-state index in [1.165, 1.54) is 38.2 Å². The minimum Gasteiger partial charge on any atom is -0.399 e. The molecule has 0 unspecified atom stereocenters. The van der Waals surface area contributed by atoms with Crippen molar-refractivity contribution < 1.29 is 8.91 Å². The smallest absolute Gasteiger partial charge is 0.260 e. The van der Waals surface area contributed by atoms with Gasteiger partial charge in [0.15, 0.2) is 5.82 Å². The first-order chi connectivity index (χ1) is 10.2. The summed E-state index contributed by atoms with van der Waals surface area (Å²) in [6.45, 7) is 0. The molecule has 0 amide bonds. The second-order valence-electron chi connectivity index (χ2n) is 5.33. The summed E-state index contributed by atoms with van der Waals surface area (Å²) in [5.74, 6) is 1.11. The Labute approximate surface area is 127 Å². The SMILES string of the molecule is Nc1ccc(-c2nc(CSC3CCCCC3)no2)c(F)c1. The molecular weight excluding hydrogens is 289 g/mol. The van der Waals surface area contributed by atoms with Gasteiger partial charge in [-0.1, -0.05) is 24.4 Å². The van der Waals surface area contributed by atoms with Crippen LogP contribution in [0.25, 0.3) is 11.5 Å². The molecule has 4 nitrogen and oxygen atoms in total. The van der Waals surface area contributed by atoms with Gasteiger partial charge < -0.3 is 10.3 Å². The van der Waals surface area contributed by atoms with Crippen molar-refractivity contribution in [3.8, 4) is 11.5 Å². The summed E-state index contributed by atoms with van der Waals surface area (Å²) >= 11 is 1.87.